The lowest BCUT2D eigenvalue weighted by molar-refractivity contribution is -0.153. The lowest BCUT2D eigenvalue weighted by Gasteiger charge is -2.32. The highest BCUT2D eigenvalue weighted by Crippen LogP contribution is 2.35. The average molecular weight is 331 g/mol. The predicted octanol–water partition coefficient (Wildman–Crippen LogP) is 5.46. The summed E-state index contributed by atoms with van der Waals surface area (Å²) in [6.45, 7) is 16.3. The molecule has 0 amide bonds. The second-order valence-corrected chi connectivity index (χ2v) is 8.41. The molecule has 0 atom stereocenters. The fraction of sp³-hybridized carbons (Fsp3) is 0.895. The van der Waals surface area contributed by atoms with Crippen LogP contribution in [0.15, 0.2) is 0 Å². The molecule has 0 fully saturated rings. The molecule has 0 aliphatic rings. The minimum Gasteiger partial charge on any atom is -0.481 e. The van der Waals surface area contributed by atoms with E-state index in [1.54, 1.807) is 0 Å². The Balaban J connectivity index is 0. The lowest BCUT2D eigenvalue weighted by atomic mass is 9.71. The van der Waals surface area contributed by atoms with Gasteiger partial charge in [0.2, 0.25) is 0 Å². The van der Waals surface area contributed by atoms with Crippen LogP contribution >= 0.6 is 0 Å². The summed E-state index contributed by atoms with van der Waals surface area (Å²) in [4.78, 5) is 21.1. The van der Waals surface area contributed by atoms with Gasteiger partial charge in [0.1, 0.15) is 0 Å². The van der Waals surface area contributed by atoms with Crippen molar-refractivity contribution in [1.82, 2.24) is 0 Å². The molecule has 0 aliphatic heterocycles. The maximum Gasteiger partial charge on any atom is 0.309 e. The Morgan fingerprint density at radius 3 is 1.48 bits per heavy atom. The number of carbonyl (C=O) groups is 2. The van der Waals surface area contributed by atoms with E-state index < -0.39 is 17.4 Å². The van der Waals surface area contributed by atoms with Crippen molar-refractivity contribution in [1.29, 1.82) is 0 Å². The molecule has 0 bridgehead atoms. The van der Waals surface area contributed by atoms with Crippen LogP contribution in [0.1, 0.15) is 87.5 Å². The van der Waals surface area contributed by atoms with E-state index in [0.717, 1.165) is 19.3 Å². The summed E-state index contributed by atoms with van der Waals surface area (Å²) in [6.07, 6.45) is 4.53. The average Bonchev–Trinajstić information content (AvgIpc) is 2.35. The molecule has 0 saturated heterocycles. The molecule has 0 rings (SSSR count). The van der Waals surface area contributed by atoms with Gasteiger partial charge >= 0.3 is 11.9 Å². The second kappa shape index (κ2) is 10.7. The van der Waals surface area contributed by atoms with Crippen molar-refractivity contribution in [3.8, 4) is 0 Å². The molecule has 4 heteroatoms. The molecule has 0 aromatic heterocycles. The van der Waals surface area contributed by atoms with Crippen LogP contribution in [0.4, 0.5) is 0 Å². The van der Waals surface area contributed by atoms with E-state index in [9.17, 15) is 9.59 Å². The SMILES string of the molecule is CC(C)(C)CCCCCC(=O)O.CC(C)C(C)(C(=O)O)C(C)C. The van der Waals surface area contributed by atoms with E-state index in [1.165, 1.54) is 6.42 Å². The molecule has 23 heavy (non-hydrogen) atoms. The molecular formula is C19H38O4. The third-order valence-electron chi connectivity index (χ3n) is 4.68. The highest BCUT2D eigenvalue weighted by Gasteiger charge is 2.39. The largest absolute Gasteiger partial charge is 0.481 e. The van der Waals surface area contributed by atoms with Crippen LogP contribution in [0.5, 0.6) is 0 Å². The van der Waals surface area contributed by atoms with Crippen molar-refractivity contribution in [2.75, 3.05) is 0 Å². The Morgan fingerprint density at radius 2 is 1.26 bits per heavy atom. The Hall–Kier alpha value is -1.06. The first-order valence-corrected chi connectivity index (χ1v) is 8.70. The zero-order chi connectivity index (χ0) is 18.8. The van der Waals surface area contributed by atoms with Gasteiger partial charge in [0.05, 0.1) is 5.41 Å². The molecule has 0 spiro atoms. The number of carboxylic acids is 2. The van der Waals surface area contributed by atoms with Gasteiger partial charge in [-0.05, 0) is 37.0 Å². The van der Waals surface area contributed by atoms with Crippen LogP contribution in [0.3, 0.4) is 0 Å². The van der Waals surface area contributed by atoms with E-state index in [4.69, 9.17) is 10.2 Å². The van der Waals surface area contributed by atoms with E-state index in [1.807, 2.05) is 34.6 Å². The van der Waals surface area contributed by atoms with Crippen LogP contribution in [0.2, 0.25) is 0 Å². The molecule has 0 aromatic carbocycles. The summed E-state index contributed by atoms with van der Waals surface area (Å²) < 4.78 is 0. The van der Waals surface area contributed by atoms with Crippen LogP contribution in [0.25, 0.3) is 0 Å². The minimum absolute atomic E-state index is 0.181. The third kappa shape index (κ3) is 11.2. The minimum atomic E-state index is -0.692. The summed E-state index contributed by atoms with van der Waals surface area (Å²) in [5, 5.41) is 17.3. The zero-order valence-electron chi connectivity index (χ0n) is 16.4. The van der Waals surface area contributed by atoms with E-state index in [0.29, 0.717) is 11.8 Å². The van der Waals surface area contributed by atoms with Gasteiger partial charge in [-0.1, -0.05) is 61.3 Å². The number of carboxylic acid groups (broad SMARTS) is 2. The zero-order valence-corrected chi connectivity index (χ0v) is 16.4. The fourth-order valence-electron chi connectivity index (χ4n) is 2.27. The molecule has 4 nitrogen and oxygen atoms in total. The molecular weight excluding hydrogens is 292 g/mol. The standard InChI is InChI=1S/C10H20O2.C9H18O2/c1-10(2,3)8-6-4-5-7-9(11)12;1-6(2)9(5,7(3)4)8(10)11/h4-8H2,1-3H3,(H,11,12);6-7H,1-5H3,(H,10,11). The number of hydrogen-bond donors (Lipinski definition) is 2. The highest BCUT2D eigenvalue weighted by molar-refractivity contribution is 5.74. The van der Waals surface area contributed by atoms with Gasteiger partial charge in [-0.2, -0.15) is 0 Å². The summed E-state index contributed by atoms with van der Waals surface area (Å²) in [5.74, 6) is -1.01. The van der Waals surface area contributed by atoms with Gasteiger partial charge in [0.25, 0.3) is 0 Å². The van der Waals surface area contributed by atoms with Crippen molar-refractivity contribution < 1.29 is 19.8 Å². The maximum atomic E-state index is 10.9. The number of rotatable bonds is 8. The Labute approximate surface area is 142 Å². The molecule has 0 radical (unpaired) electrons. The van der Waals surface area contributed by atoms with Crippen molar-refractivity contribution in [3.63, 3.8) is 0 Å². The lowest BCUT2D eigenvalue weighted by Crippen LogP contribution is -2.38. The topological polar surface area (TPSA) is 74.6 Å². The van der Waals surface area contributed by atoms with Gasteiger partial charge in [-0.3, -0.25) is 9.59 Å². The fourth-order valence-corrected chi connectivity index (χ4v) is 2.27. The molecule has 2 N–H and O–H groups in total. The molecule has 0 aliphatic carbocycles. The highest BCUT2D eigenvalue weighted by atomic mass is 16.4. The van der Waals surface area contributed by atoms with Crippen LogP contribution < -0.4 is 0 Å². The first kappa shape index (κ1) is 24.2. The monoisotopic (exact) mass is 330 g/mol. The Morgan fingerprint density at radius 1 is 0.826 bits per heavy atom. The van der Waals surface area contributed by atoms with Gasteiger partial charge in [0, 0.05) is 6.42 Å². The summed E-state index contributed by atoms with van der Waals surface area (Å²) in [6, 6.07) is 0. The molecule has 0 unspecified atom stereocenters. The van der Waals surface area contributed by atoms with Gasteiger partial charge in [-0.15, -0.1) is 0 Å². The first-order chi connectivity index (χ1) is 10.2. The smallest absolute Gasteiger partial charge is 0.309 e. The van der Waals surface area contributed by atoms with Crippen molar-refractivity contribution >= 4 is 11.9 Å². The molecule has 0 saturated carbocycles. The molecule has 0 heterocycles. The van der Waals surface area contributed by atoms with Crippen molar-refractivity contribution in [3.05, 3.63) is 0 Å². The van der Waals surface area contributed by atoms with Gasteiger partial charge < -0.3 is 10.2 Å². The summed E-state index contributed by atoms with van der Waals surface area (Å²) >= 11 is 0. The quantitative estimate of drug-likeness (QED) is 0.580. The van der Waals surface area contributed by atoms with Crippen LogP contribution in [-0.4, -0.2) is 22.2 Å². The van der Waals surface area contributed by atoms with E-state index in [-0.39, 0.29) is 11.8 Å². The van der Waals surface area contributed by atoms with Gasteiger partial charge in [0.15, 0.2) is 0 Å². The van der Waals surface area contributed by atoms with Crippen LogP contribution in [0, 0.1) is 22.7 Å². The molecule has 138 valence electrons. The number of aliphatic carboxylic acids is 2. The predicted molar refractivity (Wildman–Crippen MR) is 95.6 cm³/mol. The summed E-state index contributed by atoms with van der Waals surface area (Å²) in [7, 11) is 0. The third-order valence-corrected chi connectivity index (χ3v) is 4.68. The Kier molecular flexibility index (Phi) is 11.2. The van der Waals surface area contributed by atoms with Crippen molar-refractivity contribution in [2.24, 2.45) is 22.7 Å². The number of hydrogen-bond acceptors (Lipinski definition) is 2. The maximum absolute atomic E-state index is 10.9. The van der Waals surface area contributed by atoms with E-state index in [2.05, 4.69) is 20.8 Å². The van der Waals surface area contributed by atoms with Crippen LogP contribution in [-0.2, 0) is 9.59 Å². The number of unbranched alkanes of at least 4 members (excludes halogenated alkanes) is 2. The second-order valence-electron chi connectivity index (χ2n) is 8.41. The summed E-state index contributed by atoms with van der Waals surface area (Å²) in [5.41, 5.74) is -0.191. The van der Waals surface area contributed by atoms with E-state index >= 15 is 0 Å². The van der Waals surface area contributed by atoms with Gasteiger partial charge in [-0.25, -0.2) is 0 Å². The molecule has 0 aromatic rings. The first-order valence-electron chi connectivity index (χ1n) is 8.70. The van der Waals surface area contributed by atoms with Crippen molar-refractivity contribution in [2.45, 2.75) is 87.5 Å². The normalized spacial score (nSPS) is 12.1. The Bertz CT molecular complexity index is 343.